The van der Waals surface area contributed by atoms with E-state index in [1.54, 1.807) is 24.3 Å². The van der Waals surface area contributed by atoms with Crippen LogP contribution in [0.5, 0.6) is 0 Å². The highest BCUT2D eigenvalue weighted by molar-refractivity contribution is 9.10. The van der Waals surface area contributed by atoms with Gasteiger partial charge in [-0.1, -0.05) is 30.3 Å². The highest BCUT2D eigenvalue weighted by atomic mass is 79.9. The largest absolute Gasteiger partial charge is 0.478 e. The molecule has 0 unspecified atom stereocenters. The molecule has 26 heavy (non-hydrogen) atoms. The van der Waals surface area contributed by atoms with Gasteiger partial charge in [-0.3, -0.25) is 4.40 Å². The SMILES string of the molecule is O=C(O)c1ccc(Nc2c(-c3ccccc3)nc3ccc(Br)cn23)cc1. The lowest BCUT2D eigenvalue weighted by Gasteiger charge is -2.09. The number of carbonyl (C=O) groups is 1. The summed E-state index contributed by atoms with van der Waals surface area (Å²) in [6, 6.07) is 20.5. The maximum Gasteiger partial charge on any atom is 0.335 e. The smallest absolute Gasteiger partial charge is 0.335 e. The highest BCUT2D eigenvalue weighted by Crippen LogP contribution is 2.32. The fourth-order valence-corrected chi connectivity index (χ4v) is 3.11. The fraction of sp³-hybridized carbons (Fsp3) is 0. The van der Waals surface area contributed by atoms with E-state index in [0.717, 1.165) is 32.9 Å². The quantitative estimate of drug-likeness (QED) is 0.487. The second-order valence-electron chi connectivity index (χ2n) is 5.76. The molecule has 0 amide bonds. The Morgan fingerprint density at radius 1 is 1.00 bits per heavy atom. The van der Waals surface area contributed by atoms with Crippen LogP contribution in [-0.2, 0) is 0 Å². The summed E-state index contributed by atoms with van der Waals surface area (Å²) in [5.74, 6) is -0.129. The first-order valence-electron chi connectivity index (χ1n) is 7.95. The number of hydrogen-bond donors (Lipinski definition) is 2. The maximum atomic E-state index is 11.0. The number of carboxylic acids is 1. The minimum atomic E-state index is -0.944. The molecule has 0 aliphatic carbocycles. The van der Waals surface area contributed by atoms with E-state index in [9.17, 15) is 4.79 Å². The van der Waals surface area contributed by atoms with Crippen molar-refractivity contribution in [1.82, 2.24) is 9.38 Å². The summed E-state index contributed by atoms with van der Waals surface area (Å²) in [5.41, 5.74) is 3.67. The molecule has 0 fully saturated rings. The van der Waals surface area contributed by atoms with Crippen LogP contribution in [-0.4, -0.2) is 20.5 Å². The number of nitrogens with one attached hydrogen (secondary N) is 1. The standard InChI is InChI=1S/C20H14BrN3O2/c21-15-8-11-17-23-18(13-4-2-1-3-5-13)19(24(17)12-15)22-16-9-6-14(7-10-16)20(25)26/h1-12,22H,(H,25,26). The third-order valence-corrected chi connectivity index (χ3v) is 4.49. The molecule has 2 aromatic carbocycles. The molecule has 5 nitrogen and oxygen atoms in total. The molecule has 2 heterocycles. The second-order valence-corrected chi connectivity index (χ2v) is 6.67. The number of hydrogen-bond acceptors (Lipinski definition) is 3. The van der Waals surface area contributed by atoms with Crippen molar-refractivity contribution in [3.63, 3.8) is 0 Å². The first-order chi connectivity index (χ1) is 12.6. The van der Waals surface area contributed by atoms with Crippen LogP contribution in [0.4, 0.5) is 11.5 Å². The van der Waals surface area contributed by atoms with Gasteiger partial charge in [0.2, 0.25) is 0 Å². The molecule has 0 spiro atoms. The van der Waals surface area contributed by atoms with Crippen molar-refractivity contribution in [2.45, 2.75) is 0 Å². The minimum absolute atomic E-state index is 0.250. The predicted octanol–water partition coefficient (Wildman–Crippen LogP) is 5.21. The molecule has 6 heteroatoms. The third kappa shape index (κ3) is 3.07. The topological polar surface area (TPSA) is 66.6 Å². The van der Waals surface area contributed by atoms with E-state index in [2.05, 4.69) is 21.2 Å². The monoisotopic (exact) mass is 407 g/mol. The Kier molecular flexibility index (Phi) is 4.18. The maximum absolute atomic E-state index is 11.0. The highest BCUT2D eigenvalue weighted by Gasteiger charge is 2.15. The summed E-state index contributed by atoms with van der Waals surface area (Å²) in [6.07, 6.45) is 1.95. The molecule has 0 bridgehead atoms. The van der Waals surface area contributed by atoms with Gasteiger partial charge in [0.05, 0.1) is 5.56 Å². The molecule has 0 aliphatic rings. The zero-order valence-electron chi connectivity index (χ0n) is 13.6. The summed E-state index contributed by atoms with van der Waals surface area (Å²) in [5, 5.41) is 12.4. The zero-order chi connectivity index (χ0) is 18.1. The van der Waals surface area contributed by atoms with E-state index >= 15 is 0 Å². The summed E-state index contributed by atoms with van der Waals surface area (Å²) in [6.45, 7) is 0. The Morgan fingerprint density at radius 3 is 2.42 bits per heavy atom. The average Bonchev–Trinajstić information content (AvgIpc) is 3.01. The van der Waals surface area contributed by atoms with Crippen molar-refractivity contribution in [3.05, 3.63) is 83.0 Å². The molecular formula is C20H14BrN3O2. The van der Waals surface area contributed by atoms with Gasteiger partial charge in [-0.05, 0) is 52.3 Å². The molecule has 2 aromatic heterocycles. The van der Waals surface area contributed by atoms with Gasteiger partial charge in [0.15, 0.2) is 0 Å². The Morgan fingerprint density at radius 2 is 1.73 bits per heavy atom. The summed E-state index contributed by atoms with van der Waals surface area (Å²) in [7, 11) is 0. The van der Waals surface area contributed by atoms with E-state index < -0.39 is 5.97 Å². The molecule has 0 saturated carbocycles. The molecule has 0 aliphatic heterocycles. The van der Waals surface area contributed by atoms with Crippen LogP contribution in [0.15, 0.2) is 77.4 Å². The molecule has 128 valence electrons. The average molecular weight is 408 g/mol. The Balaban J connectivity index is 1.84. The van der Waals surface area contributed by atoms with Crippen molar-refractivity contribution < 1.29 is 9.90 Å². The van der Waals surface area contributed by atoms with Crippen molar-refractivity contribution in [3.8, 4) is 11.3 Å². The van der Waals surface area contributed by atoms with Crippen LogP contribution >= 0.6 is 15.9 Å². The van der Waals surface area contributed by atoms with Crippen molar-refractivity contribution >= 4 is 39.1 Å². The number of imidazole rings is 1. The van der Waals surface area contributed by atoms with E-state index in [-0.39, 0.29) is 5.56 Å². The summed E-state index contributed by atoms with van der Waals surface area (Å²) in [4.78, 5) is 15.8. The van der Waals surface area contributed by atoms with E-state index in [4.69, 9.17) is 10.1 Å². The molecule has 0 atom stereocenters. The van der Waals surface area contributed by atoms with Gasteiger partial charge in [-0.25, -0.2) is 9.78 Å². The lowest BCUT2D eigenvalue weighted by molar-refractivity contribution is 0.0697. The van der Waals surface area contributed by atoms with E-state index in [0.29, 0.717) is 0 Å². The Labute approximate surface area is 158 Å². The Bertz CT molecular complexity index is 1090. The number of halogens is 1. The number of fused-ring (bicyclic) bond motifs is 1. The lowest BCUT2D eigenvalue weighted by Crippen LogP contribution is -1.99. The number of aromatic carboxylic acids is 1. The zero-order valence-corrected chi connectivity index (χ0v) is 15.1. The van der Waals surface area contributed by atoms with Crippen molar-refractivity contribution in [1.29, 1.82) is 0 Å². The normalized spacial score (nSPS) is 10.8. The van der Waals surface area contributed by atoms with Crippen LogP contribution < -0.4 is 5.32 Å². The van der Waals surface area contributed by atoms with E-state index in [1.165, 1.54) is 0 Å². The number of aromatic nitrogens is 2. The first-order valence-corrected chi connectivity index (χ1v) is 8.74. The number of nitrogens with zero attached hydrogens (tertiary/aromatic N) is 2. The van der Waals surface area contributed by atoms with Gasteiger partial charge < -0.3 is 10.4 Å². The fourth-order valence-electron chi connectivity index (χ4n) is 2.77. The Hall–Kier alpha value is -3.12. The van der Waals surface area contributed by atoms with Crippen LogP contribution in [0.2, 0.25) is 0 Å². The molecule has 0 radical (unpaired) electrons. The molecular weight excluding hydrogens is 394 g/mol. The van der Waals surface area contributed by atoms with E-state index in [1.807, 2.05) is 53.1 Å². The van der Waals surface area contributed by atoms with Crippen LogP contribution in [0.3, 0.4) is 0 Å². The lowest BCUT2D eigenvalue weighted by atomic mass is 10.1. The van der Waals surface area contributed by atoms with Crippen molar-refractivity contribution in [2.24, 2.45) is 0 Å². The number of pyridine rings is 1. The third-order valence-electron chi connectivity index (χ3n) is 4.02. The molecule has 4 rings (SSSR count). The van der Waals surface area contributed by atoms with Crippen molar-refractivity contribution in [2.75, 3.05) is 5.32 Å². The second kappa shape index (κ2) is 6.65. The summed E-state index contributed by atoms with van der Waals surface area (Å²) >= 11 is 3.50. The number of benzene rings is 2. The van der Waals surface area contributed by atoms with Gasteiger partial charge in [-0.15, -0.1) is 0 Å². The van der Waals surface area contributed by atoms with Gasteiger partial charge in [-0.2, -0.15) is 0 Å². The first kappa shape index (κ1) is 16.4. The molecule has 0 saturated heterocycles. The summed E-state index contributed by atoms with van der Waals surface area (Å²) < 4.78 is 2.91. The van der Waals surface area contributed by atoms with Crippen LogP contribution in [0, 0.1) is 0 Å². The molecule has 4 aromatic rings. The van der Waals surface area contributed by atoms with Gasteiger partial charge in [0.25, 0.3) is 0 Å². The van der Waals surface area contributed by atoms with Crippen LogP contribution in [0.1, 0.15) is 10.4 Å². The predicted molar refractivity (Wildman–Crippen MR) is 105 cm³/mol. The van der Waals surface area contributed by atoms with Crippen LogP contribution in [0.25, 0.3) is 16.9 Å². The number of anilines is 2. The van der Waals surface area contributed by atoms with Gasteiger partial charge in [0.1, 0.15) is 17.2 Å². The van der Waals surface area contributed by atoms with Gasteiger partial charge >= 0.3 is 5.97 Å². The number of rotatable bonds is 4. The van der Waals surface area contributed by atoms with Gasteiger partial charge in [0, 0.05) is 21.9 Å². The number of carboxylic acid groups (broad SMARTS) is 1. The minimum Gasteiger partial charge on any atom is -0.478 e. The molecule has 2 N–H and O–H groups in total.